The number of benzene rings is 4. The number of hydrazone groups is 1. The number of hydrogen-bond donors (Lipinski definition) is 1. The summed E-state index contributed by atoms with van der Waals surface area (Å²) < 4.78 is 34.6. The molecule has 0 aliphatic rings. The smallest absolute Gasteiger partial charge is 0.252 e. The van der Waals surface area contributed by atoms with Crippen LogP contribution in [0.15, 0.2) is 136 Å². The van der Waals surface area contributed by atoms with Crippen LogP contribution >= 0.6 is 11.6 Å². The van der Waals surface area contributed by atoms with Gasteiger partial charge >= 0.3 is 0 Å². The van der Waals surface area contributed by atoms with Gasteiger partial charge in [0.1, 0.15) is 11.5 Å². The van der Waals surface area contributed by atoms with Crippen LogP contribution in [0.5, 0.6) is 0 Å². The molecule has 1 N–H and O–H groups in total. The average molecular weight is 612 g/mol. The SMILES string of the molecule is Cc1ccc(S(=O)(=O)N(Cc2ccc(Cl)cc2)Cc2ccc(/C=N\NC(=O)C(c3ccccc3)c3ccccc3)o2)cc1. The van der Waals surface area contributed by atoms with E-state index in [9.17, 15) is 13.2 Å². The number of aryl methyl sites for hydroxylation is 1. The number of nitrogens with zero attached hydrogens (tertiary/aromatic N) is 2. The van der Waals surface area contributed by atoms with Crippen LogP contribution in [0.3, 0.4) is 0 Å². The topological polar surface area (TPSA) is 92.0 Å². The number of hydrogen-bond acceptors (Lipinski definition) is 5. The van der Waals surface area contributed by atoms with E-state index < -0.39 is 15.9 Å². The highest BCUT2D eigenvalue weighted by atomic mass is 35.5. The van der Waals surface area contributed by atoms with Gasteiger partial charge in [-0.2, -0.15) is 9.41 Å². The van der Waals surface area contributed by atoms with E-state index in [1.807, 2.05) is 67.6 Å². The minimum atomic E-state index is -3.86. The number of carbonyl (C=O) groups excluding carboxylic acids is 1. The molecule has 0 bridgehead atoms. The molecule has 0 aliphatic carbocycles. The van der Waals surface area contributed by atoms with E-state index in [1.165, 1.54) is 10.5 Å². The summed E-state index contributed by atoms with van der Waals surface area (Å²) in [5.41, 5.74) is 6.05. The number of sulfonamides is 1. The second kappa shape index (κ2) is 13.6. The normalized spacial score (nSPS) is 11.8. The fourth-order valence-electron chi connectivity index (χ4n) is 4.61. The third kappa shape index (κ3) is 7.67. The zero-order valence-electron chi connectivity index (χ0n) is 23.4. The van der Waals surface area contributed by atoms with Crippen LogP contribution in [0.25, 0.3) is 0 Å². The Morgan fingerprint density at radius 2 is 1.44 bits per heavy atom. The predicted molar refractivity (Wildman–Crippen MR) is 168 cm³/mol. The Labute approximate surface area is 256 Å². The molecule has 1 heterocycles. The van der Waals surface area contributed by atoms with Gasteiger partial charge in [-0.05, 0) is 60.0 Å². The Morgan fingerprint density at radius 3 is 2.05 bits per heavy atom. The van der Waals surface area contributed by atoms with Crippen molar-refractivity contribution in [3.05, 3.63) is 160 Å². The molecule has 0 saturated heterocycles. The van der Waals surface area contributed by atoms with E-state index in [4.69, 9.17) is 16.0 Å². The molecule has 218 valence electrons. The number of furan rings is 1. The molecule has 0 unspecified atom stereocenters. The highest BCUT2D eigenvalue weighted by Crippen LogP contribution is 2.25. The van der Waals surface area contributed by atoms with Gasteiger partial charge < -0.3 is 4.42 Å². The van der Waals surface area contributed by atoms with E-state index in [0.717, 1.165) is 22.3 Å². The lowest BCUT2D eigenvalue weighted by Gasteiger charge is -2.21. The predicted octanol–water partition coefficient (Wildman–Crippen LogP) is 6.91. The molecular weight excluding hydrogens is 582 g/mol. The van der Waals surface area contributed by atoms with Gasteiger partial charge in [-0.3, -0.25) is 4.79 Å². The van der Waals surface area contributed by atoms with Crippen LogP contribution in [-0.4, -0.2) is 24.8 Å². The van der Waals surface area contributed by atoms with Crippen molar-refractivity contribution >= 4 is 33.7 Å². The molecule has 43 heavy (non-hydrogen) atoms. The second-order valence-corrected chi connectivity index (χ2v) is 12.4. The van der Waals surface area contributed by atoms with Crippen molar-refractivity contribution in [3.63, 3.8) is 0 Å². The van der Waals surface area contributed by atoms with Crippen molar-refractivity contribution in [2.24, 2.45) is 5.10 Å². The van der Waals surface area contributed by atoms with E-state index in [-0.39, 0.29) is 23.9 Å². The molecule has 0 atom stereocenters. The van der Waals surface area contributed by atoms with Crippen molar-refractivity contribution in [2.75, 3.05) is 0 Å². The molecule has 4 aromatic carbocycles. The molecule has 0 radical (unpaired) electrons. The first-order chi connectivity index (χ1) is 20.8. The van der Waals surface area contributed by atoms with Gasteiger partial charge in [0.2, 0.25) is 10.0 Å². The summed E-state index contributed by atoms with van der Waals surface area (Å²) in [4.78, 5) is 13.4. The van der Waals surface area contributed by atoms with Gasteiger partial charge in [0.05, 0.1) is 23.6 Å². The third-order valence-corrected chi connectivity index (χ3v) is 8.90. The van der Waals surface area contributed by atoms with Crippen LogP contribution < -0.4 is 5.43 Å². The van der Waals surface area contributed by atoms with E-state index in [2.05, 4.69) is 10.5 Å². The first-order valence-corrected chi connectivity index (χ1v) is 15.4. The van der Waals surface area contributed by atoms with Gasteiger partial charge in [0.25, 0.3) is 5.91 Å². The summed E-state index contributed by atoms with van der Waals surface area (Å²) in [5, 5.41) is 4.69. The number of halogens is 1. The zero-order valence-corrected chi connectivity index (χ0v) is 25.0. The quantitative estimate of drug-likeness (QED) is 0.130. The van der Waals surface area contributed by atoms with Crippen LogP contribution in [0.1, 0.15) is 39.7 Å². The van der Waals surface area contributed by atoms with Crippen LogP contribution in [0, 0.1) is 6.92 Å². The van der Waals surface area contributed by atoms with Gasteiger partial charge in [-0.15, -0.1) is 0 Å². The summed E-state index contributed by atoms with van der Waals surface area (Å²) in [6.07, 6.45) is 1.40. The Balaban J connectivity index is 1.32. The van der Waals surface area contributed by atoms with Crippen molar-refractivity contribution < 1.29 is 17.6 Å². The van der Waals surface area contributed by atoms with Crippen LogP contribution in [0.2, 0.25) is 5.02 Å². The van der Waals surface area contributed by atoms with Crippen molar-refractivity contribution in [3.8, 4) is 0 Å². The van der Waals surface area contributed by atoms with Gasteiger partial charge in [0, 0.05) is 11.6 Å². The Hall–Kier alpha value is -4.50. The third-order valence-electron chi connectivity index (χ3n) is 6.84. The Bertz CT molecular complexity index is 1750. The fraction of sp³-hybridized carbons (Fsp3) is 0.118. The molecule has 5 rings (SSSR count). The standard InChI is InChI=1S/C34H30ClN3O4S/c1-25-12-20-32(21-13-25)43(40,41)38(23-26-14-16-29(35)17-15-26)24-31-19-18-30(42-31)22-36-37-34(39)33(27-8-4-2-5-9-27)28-10-6-3-7-11-28/h2-22,33H,23-24H2,1H3,(H,37,39)/b36-22-. The number of rotatable bonds is 11. The minimum Gasteiger partial charge on any atom is -0.459 e. The highest BCUT2D eigenvalue weighted by Gasteiger charge is 2.26. The minimum absolute atomic E-state index is 0.0108. The van der Waals surface area contributed by atoms with Gasteiger partial charge in [0.15, 0.2) is 0 Å². The van der Waals surface area contributed by atoms with Crippen molar-refractivity contribution in [1.82, 2.24) is 9.73 Å². The number of carbonyl (C=O) groups is 1. The zero-order chi connectivity index (χ0) is 30.2. The maximum Gasteiger partial charge on any atom is 0.252 e. The van der Waals surface area contributed by atoms with Crippen molar-refractivity contribution in [1.29, 1.82) is 0 Å². The molecule has 7 nitrogen and oxygen atoms in total. The average Bonchev–Trinajstić information content (AvgIpc) is 3.46. The molecule has 0 aliphatic heterocycles. The molecular formula is C34H30ClN3O4S. The largest absolute Gasteiger partial charge is 0.459 e. The second-order valence-electron chi connectivity index (χ2n) is 10.0. The maximum absolute atomic E-state index is 13.7. The molecule has 5 aromatic rings. The number of nitrogens with one attached hydrogen (secondary N) is 1. The molecule has 1 amide bonds. The van der Waals surface area contributed by atoms with E-state index >= 15 is 0 Å². The van der Waals surface area contributed by atoms with Gasteiger partial charge in [-0.1, -0.05) is 102 Å². The lowest BCUT2D eigenvalue weighted by Crippen LogP contribution is -2.30. The summed E-state index contributed by atoms with van der Waals surface area (Å²) in [6.45, 7) is 2.01. The monoisotopic (exact) mass is 611 g/mol. The molecule has 0 fully saturated rings. The Kier molecular flexibility index (Phi) is 9.51. The molecule has 0 spiro atoms. The molecule has 9 heteroatoms. The molecule has 1 aromatic heterocycles. The van der Waals surface area contributed by atoms with E-state index in [1.54, 1.807) is 60.7 Å². The Morgan fingerprint density at radius 1 is 0.837 bits per heavy atom. The lowest BCUT2D eigenvalue weighted by atomic mass is 9.91. The fourth-order valence-corrected chi connectivity index (χ4v) is 6.13. The summed E-state index contributed by atoms with van der Waals surface area (Å²) in [5.74, 6) is -0.0480. The first-order valence-electron chi connectivity index (χ1n) is 13.6. The van der Waals surface area contributed by atoms with Crippen LogP contribution in [-0.2, 0) is 27.9 Å². The summed E-state index contributed by atoms with van der Waals surface area (Å²) >= 11 is 6.04. The number of amides is 1. The highest BCUT2D eigenvalue weighted by molar-refractivity contribution is 7.89. The first kappa shape index (κ1) is 30.0. The maximum atomic E-state index is 13.7. The summed E-state index contributed by atoms with van der Waals surface area (Å²) in [6, 6.07) is 36.1. The van der Waals surface area contributed by atoms with Gasteiger partial charge in [-0.25, -0.2) is 13.8 Å². The summed E-state index contributed by atoms with van der Waals surface area (Å²) in [7, 11) is -3.86. The van der Waals surface area contributed by atoms with Crippen LogP contribution in [0.4, 0.5) is 0 Å². The molecule has 0 saturated carbocycles. The lowest BCUT2D eigenvalue weighted by molar-refractivity contribution is -0.121. The van der Waals surface area contributed by atoms with E-state index in [0.29, 0.717) is 16.5 Å². The van der Waals surface area contributed by atoms with Crippen molar-refractivity contribution in [2.45, 2.75) is 30.8 Å².